The van der Waals surface area contributed by atoms with E-state index in [1.54, 1.807) is 12.1 Å². The van der Waals surface area contributed by atoms with Gasteiger partial charge in [0.2, 0.25) is 13.6 Å². The Kier molecular flexibility index (Phi) is 14.5. The third kappa shape index (κ3) is 10.7. The van der Waals surface area contributed by atoms with Crippen molar-refractivity contribution in [3.05, 3.63) is 96.1 Å². The molecule has 50 heavy (non-hydrogen) atoms. The highest BCUT2D eigenvalue weighted by Crippen LogP contribution is 2.39. The topological polar surface area (TPSA) is 112 Å². The number of aryl methyl sites for hydroxylation is 1. The van der Waals surface area contributed by atoms with Gasteiger partial charge in [-0.1, -0.05) is 62.0 Å². The number of aliphatic hydroxyl groups is 2. The first-order valence-corrected chi connectivity index (χ1v) is 17.0. The van der Waals surface area contributed by atoms with Gasteiger partial charge in [-0.05, 0) is 115 Å². The molecule has 0 heterocycles. The third-order valence-corrected chi connectivity index (χ3v) is 9.15. The van der Waals surface area contributed by atoms with Gasteiger partial charge in [0.1, 0.15) is 0 Å². The van der Waals surface area contributed by atoms with E-state index in [4.69, 9.17) is 24.1 Å². The Morgan fingerprint density at radius 3 is 2.18 bits per heavy atom. The summed E-state index contributed by atoms with van der Waals surface area (Å²) in [6.07, 6.45) is 5.80. The lowest BCUT2D eigenvalue weighted by Gasteiger charge is -2.28. The number of carbonyl (C=O) groups excluding carboxylic acids is 2. The molecule has 4 rings (SSSR count). The van der Waals surface area contributed by atoms with E-state index in [1.807, 2.05) is 12.1 Å². The highest BCUT2D eigenvalue weighted by Gasteiger charge is 2.22. The van der Waals surface area contributed by atoms with Crippen LogP contribution in [0.2, 0.25) is 0 Å². The van der Waals surface area contributed by atoms with Crippen LogP contribution in [0.3, 0.4) is 0 Å². The number of allylic oxidation sites excluding steroid dienone is 1. The number of rotatable bonds is 17. The molecule has 2 N–H and O–H groups in total. The number of carbonyl (C=O) groups is 2. The molecule has 0 aliphatic heterocycles. The Hall–Kier alpha value is -4.54. The van der Waals surface area contributed by atoms with Crippen molar-refractivity contribution < 1.29 is 47.5 Å². The summed E-state index contributed by atoms with van der Waals surface area (Å²) >= 11 is 0. The van der Waals surface area contributed by atoms with Crippen molar-refractivity contribution in [2.45, 2.75) is 64.7 Å². The normalized spacial score (nSPS) is 16.2. The molecule has 1 saturated carbocycles. The Morgan fingerprint density at radius 1 is 0.880 bits per heavy atom. The molecule has 268 valence electrons. The van der Waals surface area contributed by atoms with Gasteiger partial charge in [-0.2, -0.15) is 8.78 Å². The summed E-state index contributed by atoms with van der Waals surface area (Å²) < 4.78 is 46.3. The number of halogens is 2. The van der Waals surface area contributed by atoms with Crippen molar-refractivity contribution in [1.29, 1.82) is 0 Å². The van der Waals surface area contributed by atoms with Gasteiger partial charge in [0, 0.05) is 0 Å². The molecule has 1 unspecified atom stereocenters. The van der Waals surface area contributed by atoms with Crippen molar-refractivity contribution in [1.82, 2.24) is 0 Å². The number of esters is 2. The van der Waals surface area contributed by atoms with Crippen LogP contribution in [0, 0.1) is 11.8 Å². The van der Waals surface area contributed by atoms with Crippen molar-refractivity contribution in [3.63, 3.8) is 0 Å². The third-order valence-electron chi connectivity index (χ3n) is 9.15. The van der Waals surface area contributed by atoms with E-state index in [2.05, 4.69) is 49.9 Å². The van der Waals surface area contributed by atoms with E-state index in [0.29, 0.717) is 18.3 Å². The summed E-state index contributed by atoms with van der Waals surface area (Å²) in [4.78, 5) is 23.9. The summed E-state index contributed by atoms with van der Waals surface area (Å²) in [7, 11) is 0. The largest absolute Gasteiger partial charge is 0.453 e. The summed E-state index contributed by atoms with van der Waals surface area (Å²) in [5.74, 6) is -0.668. The van der Waals surface area contributed by atoms with Gasteiger partial charge >= 0.3 is 11.9 Å². The summed E-state index contributed by atoms with van der Waals surface area (Å²) in [5, 5.41) is 18.3. The first-order valence-electron chi connectivity index (χ1n) is 17.0. The van der Waals surface area contributed by atoms with Crippen LogP contribution in [0.5, 0.6) is 11.5 Å². The quantitative estimate of drug-likeness (QED) is 0.0825. The van der Waals surface area contributed by atoms with Crippen molar-refractivity contribution in [3.8, 4) is 33.8 Å². The fourth-order valence-corrected chi connectivity index (χ4v) is 6.10. The van der Waals surface area contributed by atoms with Crippen LogP contribution in [0.15, 0.2) is 85.0 Å². The predicted molar refractivity (Wildman–Crippen MR) is 187 cm³/mol. The average Bonchev–Trinajstić information content (AvgIpc) is 3.14. The summed E-state index contributed by atoms with van der Waals surface area (Å²) in [5.41, 5.74) is 6.35. The van der Waals surface area contributed by atoms with Crippen LogP contribution in [-0.4, -0.2) is 49.0 Å². The van der Waals surface area contributed by atoms with Crippen molar-refractivity contribution >= 4 is 11.9 Å². The lowest BCUT2D eigenvalue weighted by molar-refractivity contribution is -0.156. The smallest absolute Gasteiger partial charge is 0.338 e. The molecule has 0 radical (unpaired) electrons. The Balaban J connectivity index is 1.47. The molecular formula is C40H46F2O8. The Labute approximate surface area is 292 Å². The van der Waals surface area contributed by atoms with Gasteiger partial charge in [0.05, 0.1) is 24.7 Å². The molecule has 0 aromatic heterocycles. The molecule has 0 saturated heterocycles. The lowest BCUT2D eigenvalue weighted by Crippen LogP contribution is -2.20. The minimum absolute atomic E-state index is 0.115. The highest BCUT2D eigenvalue weighted by atomic mass is 19.3. The van der Waals surface area contributed by atoms with Crippen LogP contribution in [0.4, 0.5) is 8.78 Å². The summed E-state index contributed by atoms with van der Waals surface area (Å²) in [6.45, 7) is 5.26. The monoisotopic (exact) mass is 692 g/mol. The first-order chi connectivity index (χ1) is 24.1. The molecule has 1 aliphatic carbocycles. The molecule has 10 heteroatoms. The fourth-order valence-electron chi connectivity index (χ4n) is 6.10. The Morgan fingerprint density at radius 2 is 1.52 bits per heavy atom. The van der Waals surface area contributed by atoms with Crippen LogP contribution in [-0.2, 0) is 25.5 Å². The second kappa shape index (κ2) is 19.0. The maximum absolute atomic E-state index is 12.4. The molecule has 1 fully saturated rings. The molecule has 1 atom stereocenters. The highest BCUT2D eigenvalue weighted by molar-refractivity contribution is 5.87. The van der Waals surface area contributed by atoms with E-state index >= 15 is 0 Å². The molecule has 0 bridgehead atoms. The summed E-state index contributed by atoms with van der Waals surface area (Å²) in [6, 6.07) is 20.2. The zero-order chi connectivity index (χ0) is 36.0. The van der Waals surface area contributed by atoms with Gasteiger partial charge in [-0.25, -0.2) is 4.79 Å². The van der Waals surface area contributed by atoms with E-state index in [-0.39, 0.29) is 23.7 Å². The maximum Gasteiger partial charge on any atom is 0.338 e. The zero-order valence-corrected chi connectivity index (χ0v) is 28.7. The average molecular weight is 693 g/mol. The number of aliphatic hydroxyl groups excluding tert-OH is 2. The second-order valence-corrected chi connectivity index (χ2v) is 12.6. The SMILES string of the molecule is C=C(CO)C(=O)OCOc1ccc(-c2ccc(-c3ccc(C4CCC(CCC=C(F)F)CC4)cc3)c(CC)c2)cc1OCOC(=O)C(C)CO. The first kappa shape index (κ1) is 38.3. The minimum Gasteiger partial charge on any atom is -0.453 e. The number of benzene rings is 3. The van der Waals surface area contributed by atoms with Crippen LogP contribution in [0.1, 0.15) is 69.4 Å². The molecule has 3 aromatic carbocycles. The molecule has 0 amide bonds. The lowest BCUT2D eigenvalue weighted by atomic mass is 9.77. The van der Waals surface area contributed by atoms with Gasteiger partial charge in [0.15, 0.2) is 11.5 Å². The van der Waals surface area contributed by atoms with E-state index in [1.165, 1.54) is 12.5 Å². The van der Waals surface area contributed by atoms with E-state index in [9.17, 15) is 23.5 Å². The Bertz CT molecular complexity index is 1620. The van der Waals surface area contributed by atoms with Crippen LogP contribution in [0.25, 0.3) is 22.3 Å². The van der Waals surface area contributed by atoms with E-state index in [0.717, 1.165) is 72.4 Å². The fraction of sp³-hybridized carbons (Fsp3) is 0.400. The zero-order valence-electron chi connectivity index (χ0n) is 28.7. The van der Waals surface area contributed by atoms with Gasteiger partial charge in [-0.15, -0.1) is 0 Å². The predicted octanol–water partition coefficient (Wildman–Crippen LogP) is 8.35. The number of ether oxygens (including phenoxy) is 4. The van der Waals surface area contributed by atoms with Crippen molar-refractivity contribution in [2.75, 3.05) is 26.8 Å². The van der Waals surface area contributed by atoms with Gasteiger partial charge in [-0.3, -0.25) is 4.79 Å². The van der Waals surface area contributed by atoms with E-state index < -0.39 is 44.1 Å². The van der Waals surface area contributed by atoms with Crippen LogP contribution >= 0.6 is 0 Å². The second-order valence-electron chi connectivity index (χ2n) is 12.6. The molecule has 0 spiro atoms. The van der Waals surface area contributed by atoms with Crippen LogP contribution < -0.4 is 9.47 Å². The molecule has 8 nitrogen and oxygen atoms in total. The standard InChI is InChI=1S/C40H46F2O8/c1-4-29-20-33(16-18-35(29)32-14-12-31(13-15-32)30-10-8-28(9-11-30)6-5-7-38(41)42)34-17-19-36(47-24-49-39(45)26(2)22-43)37(21-34)48-25-50-40(46)27(3)23-44/h7,12-21,27-28,30,43-44H,2,4-6,8-11,22-25H2,1,3H3. The minimum atomic E-state index is -1.59. The molecular weight excluding hydrogens is 646 g/mol. The van der Waals surface area contributed by atoms with Gasteiger partial charge < -0.3 is 29.2 Å². The number of hydrogen-bond acceptors (Lipinski definition) is 8. The van der Waals surface area contributed by atoms with Crippen molar-refractivity contribution in [2.24, 2.45) is 11.8 Å². The molecule has 1 aliphatic rings. The molecule has 3 aromatic rings. The van der Waals surface area contributed by atoms with Gasteiger partial charge in [0.25, 0.3) is 6.08 Å². The maximum atomic E-state index is 12.4. The number of hydrogen-bond donors (Lipinski definition) is 2.